The molecule has 1 aliphatic heterocycles. The highest BCUT2D eigenvalue weighted by Gasteiger charge is 2.37. The number of hydrogen-bond acceptors (Lipinski definition) is 9. The second-order valence-corrected chi connectivity index (χ2v) is 14.7. The Morgan fingerprint density at radius 2 is 1.33 bits per heavy atom. The third-order valence-corrected chi connectivity index (χ3v) is 8.23. The highest BCUT2D eigenvalue weighted by molar-refractivity contribution is 6.16. The number of rotatable bonds is 12. The smallest absolute Gasteiger partial charge is 0.311 e. The van der Waals surface area contributed by atoms with Crippen LogP contribution in [-0.2, 0) is 23.9 Å². The highest BCUT2D eigenvalue weighted by atomic mass is 16.5. The van der Waals surface area contributed by atoms with Crippen LogP contribution < -0.4 is 9.80 Å². The van der Waals surface area contributed by atoms with Gasteiger partial charge in [0.1, 0.15) is 13.2 Å². The van der Waals surface area contributed by atoms with Crippen molar-refractivity contribution in [2.75, 3.05) is 36.1 Å². The summed E-state index contributed by atoms with van der Waals surface area (Å²) in [6.07, 6.45) is 3.20. The number of carbonyl (C=O) groups excluding carboxylic acids is 3. The number of ether oxygens (including phenoxy) is 2. The van der Waals surface area contributed by atoms with E-state index in [-0.39, 0.29) is 47.8 Å². The molecule has 0 atom stereocenters. The van der Waals surface area contributed by atoms with Crippen LogP contribution >= 0.6 is 0 Å². The number of nitriles is 1. The minimum Gasteiger partial charge on any atom is -0.463 e. The minimum absolute atomic E-state index is 0.0271. The molecule has 3 aromatic carbocycles. The van der Waals surface area contributed by atoms with Crippen LogP contribution in [0.4, 0.5) is 22.7 Å². The van der Waals surface area contributed by atoms with Crippen LogP contribution in [0.3, 0.4) is 0 Å². The van der Waals surface area contributed by atoms with E-state index in [1.54, 1.807) is 96.1 Å². The average molecular weight is 738 g/mol. The first kappa shape index (κ1) is 40.9. The number of esters is 2. The second kappa shape index (κ2) is 17.8. The van der Waals surface area contributed by atoms with Crippen molar-refractivity contribution in [3.8, 4) is 6.07 Å². The Hall–Kier alpha value is -6.84. The van der Waals surface area contributed by atoms with Crippen LogP contribution in [0.1, 0.15) is 52.7 Å². The Balaban J connectivity index is 1.47. The number of aryl methyl sites for hydroxylation is 1. The molecule has 280 valence electrons. The predicted octanol–water partition coefficient (Wildman–Crippen LogP) is 9.28. The summed E-state index contributed by atoms with van der Waals surface area (Å²) in [5.41, 5.74) is 2.54. The molecular weight excluding hydrogens is 695 g/mol. The topological polar surface area (TPSA) is 133 Å². The number of nitrogens with zero attached hydrogens (tertiary/aromatic N) is 7. The fraction of sp³-hybridized carbons (Fsp3) is 0.302. The predicted molar refractivity (Wildman–Crippen MR) is 211 cm³/mol. The van der Waals surface area contributed by atoms with Gasteiger partial charge in [-0.15, -0.1) is 0 Å². The normalized spacial score (nSPS) is 14.1. The highest BCUT2D eigenvalue weighted by Crippen LogP contribution is 2.38. The maximum absolute atomic E-state index is 13.6. The maximum Gasteiger partial charge on any atom is 0.311 e. The molecule has 1 amide bonds. The van der Waals surface area contributed by atoms with Crippen LogP contribution in [0.15, 0.2) is 112 Å². The van der Waals surface area contributed by atoms with Gasteiger partial charge in [-0.2, -0.15) is 10.2 Å². The molecule has 0 N–H and O–H groups in total. The van der Waals surface area contributed by atoms with Gasteiger partial charge in [-0.3, -0.25) is 19.3 Å². The largest absolute Gasteiger partial charge is 0.463 e. The quantitative estimate of drug-likeness (QED) is 0.0783. The van der Waals surface area contributed by atoms with Crippen molar-refractivity contribution < 1.29 is 23.9 Å². The monoisotopic (exact) mass is 737 g/mol. The molecule has 0 aliphatic carbocycles. The van der Waals surface area contributed by atoms with E-state index >= 15 is 0 Å². The van der Waals surface area contributed by atoms with Gasteiger partial charge in [0.15, 0.2) is 0 Å². The van der Waals surface area contributed by atoms with Gasteiger partial charge in [-0.25, -0.2) is 15.0 Å². The second-order valence-electron chi connectivity index (χ2n) is 14.7. The van der Waals surface area contributed by atoms with Gasteiger partial charge in [0.2, 0.25) is 11.6 Å². The summed E-state index contributed by atoms with van der Waals surface area (Å²) in [6, 6.07) is 23.3. The average Bonchev–Trinajstić information content (AvgIpc) is 3.43. The van der Waals surface area contributed by atoms with Gasteiger partial charge in [0.25, 0.3) is 5.70 Å². The fourth-order valence-electron chi connectivity index (χ4n) is 5.09. The summed E-state index contributed by atoms with van der Waals surface area (Å²) >= 11 is 0. The minimum atomic E-state index is -0.621. The van der Waals surface area contributed by atoms with Crippen molar-refractivity contribution in [1.82, 2.24) is 0 Å². The molecule has 12 heteroatoms. The molecule has 3 aromatic rings. The van der Waals surface area contributed by atoms with Crippen LogP contribution in [0.2, 0.25) is 0 Å². The first-order valence-electron chi connectivity index (χ1n) is 17.5. The van der Waals surface area contributed by atoms with E-state index in [1.807, 2.05) is 42.2 Å². The maximum atomic E-state index is 13.6. The number of allylic oxidation sites excluding steroid dienone is 1. The van der Waals surface area contributed by atoms with E-state index in [0.717, 1.165) is 16.8 Å². The lowest BCUT2D eigenvalue weighted by atomic mass is 9.97. The molecule has 0 saturated carbocycles. The number of amides is 1. The van der Waals surface area contributed by atoms with Crippen LogP contribution in [-0.4, -0.2) is 44.1 Å². The van der Waals surface area contributed by atoms with Gasteiger partial charge >= 0.3 is 11.9 Å². The van der Waals surface area contributed by atoms with Crippen molar-refractivity contribution in [3.63, 3.8) is 0 Å². The van der Waals surface area contributed by atoms with E-state index in [0.29, 0.717) is 30.2 Å². The Kier molecular flexibility index (Phi) is 13.2. The fourth-order valence-corrected chi connectivity index (χ4v) is 5.09. The van der Waals surface area contributed by atoms with Crippen molar-refractivity contribution in [2.45, 2.75) is 48.5 Å². The van der Waals surface area contributed by atoms with Crippen molar-refractivity contribution in [2.24, 2.45) is 21.1 Å². The molecule has 1 aliphatic rings. The number of benzene rings is 3. The molecule has 0 unspecified atom stereocenters. The number of azo groups is 1. The number of carbonyl (C=O) groups is 3. The summed E-state index contributed by atoms with van der Waals surface area (Å²) in [6.45, 7) is 29.1. The number of anilines is 2. The molecule has 12 nitrogen and oxygen atoms in total. The summed E-state index contributed by atoms with van der Waals surface area (Å²) in [4.78, 5) is 48.3. The third kappa shape index (κ3) is 10.6. The van der Waals surface area contributed by atoms with Gasteiger partial charge in [0, 0.05) is 16.9 Å². The summed E-state index contributed by atoms with van der Waals surface area (Å²) in [5.74, 6) is -1.11. The van der Waals surface area contributed by atoms with Crippen molar-refractivity contribution >= 4 is 46.7 Å². The van der Waals surface area contributed by atoms with Crippen LogP contribution in [0, 0.1) is 42.2 Å². The van der Waals surface area contributed by atoms with E-state index in [2.05, 4.69) is 19.9 Å². The zero-order valence-corrected chi connectivity index (χ0v) is 32.1. The molecule has 4 rings (SSSR count). The summed E-state index contributed by atoms with van der Waals surface area (Å²) in [5, 5.41) is 18.3. The van der Waals surface area contributed by atoms with E-state index < -0.39 is 16.7 Å². The molecule has 0 radical (unpaired) electrons. The Morgan fingerprint density at radius 3 is 1.78 bits per heavy atom. The van der Waals surface area contributed by atoms with E-state index in [9.17, 15) is 19.6 Å². The molecule has 1 heterocycles. The lowest BCUT2D eigenvalue weighted by Crippen LogP contribution is -2.34. The van der Waals surface area contributed by atoms with Crippen molar-refractivity contribution in [1.29, 1.82) is 5.26 Å². The Bertz CT molecular complexity index is 2120. The van der Waals surface area contributed by atoms with E-state index in [4.69, 9.17) is 22.6 Å². The lowest BCUT2D eigenvalue weighted by Gasteiger charge is -2.26. The van der Waals surface area contributed by atoms with Gasteiger partial charge < -0.3 is 14.4 Å². The molecule has 0 saturated heterocycles. The molecule has 0 fully saturated rings. The first-order valence-corrected chi connectivity index (χ1v) is 17.5. The van der Waals surface area contributed by atoms with Crippen molar-refractivity contribution in [3.05, 3.63) is 135 Å². The number of hydrogen-bond donors (Lipinski definition) is 0. The van der Waals surface area contributed by atoms with Gasteiger partial charge in [0.05, 0.1) is 60.2 Å². The first-order chi connectivity index (χ1) is 26.1. The lowest BCUT2D eigenvalue weighted by molar-refractivity contribution is -0.152. The summed E-state index contributed by atoms with van der Waals surface area (Å²) < 4.78 is 11.0. The standard InChI is InChI=1S/C43H43N7O5/c1-29-10-19-34(20-11-29)50-38(36(28-44)45-8)37(46-9)35(39(50)51)23-14-30-12-15-31(16-13-30)47-48-32-17-21-33(22-18-32)49(24-26-54-40(52)42(2,3)4)25-27-55-41(53)43(5,6)7/h10-23H,24-27H2,1-7H3/b23-14+,38-36+,48-47?. The van der Waals surface area contributed by atoms with Gasteiger partial charge in [-0.05, 0) is 103 Å². The zero-order valence-electron chi connectivity index (χ0n) is 32.1. The Morgan fingerprint density at radius 1 is 0.818 bits per heavy atom. The summed E-state index contributed by atoms with van der Waals surface area (Å²) in [7, 11) is 0. The van der Waals surface area contributed by atoms with Gasteiger partial charge in [-0.1, -0.05) is 42.0 Å². The molecule has 0 aromatic heterocycles. The molecular formula is C43H43N7O5. The Labute approximate surface area is 322 Å². The third-order valence-electron chi connectivity index (χ3n) is 8.23. The van der Waals surface area contributed by atoms with Crippen LogP contribution in [0.25, 0.3) is 15.8 Å². The zero-order chi connectivity index (χ0) is 40.3. The SMILES string of the molecule is [C-]#[N+]C1=C(/C=C/c2ccc(N=Nc3ccc(N(CCOC(=O)C(C)(C)C)CCOC(=O)C(C)(C)C)cc3)cc2)C(=O)N(c2ccc(C)cc2)/C1=C(\C#N)[N+]#[C-]. The van der Waals surface area contributed by atoms with Crippen LogP contribution in [0.5, 0.6) is 0 Å². The molecule has 0 spiro atoms. The molecule has 0 bridgehead atoms. The van der Waals surface area contributed by atoms with E-state index in [1.165, 1.54) is 11.0 Å². The molecule has 55 heavy (non-hydrogen) atoms.